The van der Waals surface area contributed by atoms with Crippen LogP contribution in [0.25, 0.3) is 0 Å². The number of ether oxygens (including phenoxy) is 1. The molecule has 5 nitrogen and oxygen atoms in total. The zero-order valence-electron chi connectivity index (χ0n) is 11.0. The number of hydrogen-bond donors (Lipinski definition) is 2. The van der Waals surface area contributed by atoms with Crippen molar-refractivity contribution in [2.75, 3.05) is 19.8 Å². The Morgan fingerprint density at radius 2 is 1.94 bits per heavy atom. The van der Waals surface area contributed by atoms with Crippen LogP contribution < -0.4 is 10.6 Å². The van der Waals surface area contributed by atoms with Gasteiger partial charge >= 0.3 is 0 Å². The van der Waals surface area contributed by atoms with Crippen molar-refractivity contribution in [2.24, 2.45) is 11.3 Å². The Bertz CT molecular complexity index is 298. The van der Waals surface area contributed by atoms with Crippen LogP contribution in [0.4, 0.5) is 0 Å². The Labute approximate surface area is 102 Å². The quantitative estimate of drug-likeness (QED) is 0.728. The molecule has 1 aliphatic heterocycles. The van der Waals surface area contributed by atoms with Gasteiger partial charge in [0.15, 0.2) is 0 Å². The molecule has 5 heteroatoms. The molecular formula is C12H22N2O3. The third kappa shape index (κ3) is 4.00. The lowest BCUT2D eigenvalue weighted by atomic mass is 9.88. The van der Waals surface area contributed by atoms with Crippen LogP contribution in [-0.4, -0.2) is 37.6 Å². The fourth-order valence-electron chi connectivity index (χ4n) is 1.72. The molecule has 1 rings (SSSR count). The van der Waals surface area contributed by atoms with Crippen molar-refractivity contribution >= 4 is 11.8 Å². The van der Waals surface area contributed by atoms with Crippen molar-refractivity contribution in [3.05, 3.63) is 0 Å². The smallest absolute Gasteiger partial charge is 0.242 e. The maximum absolute atomic E-state index is 11.9. The van der Waals surface area contributed by atoms with Crippen LogP contribution in [0.3, 0.4) is 0 Å². The first-order chi connectivity index (χ1) is 7.84. The molecule has 0 spiro atoms. The highest BCUT2D eigenvalue weighted by Crippen LogP contribution is 2.25. The van der Waals surface area contributed by atoms with Crippen molar-refractivity contribution < 1.29 is 14.3 Å². The summed E-state index contributed by atoms with van der Waals surface area (Å²) in [6.45, 7) is 9.26. The molecule has 1 unspecified atom stereocenters. The predicted molar refractivity (Wildman–Crippen MR) is 64.4 cm³/mol. The first-order valence-corrected chi connectivity index (χ1v) is 5.97. The number of carbonyl (C=O) groups excluding carboxylic acids is 2. The molecule has 1 fully saturated rings. The molecule has 98 valence electrons. The lowest BCUT2D eigenvalue weighted by Crippen LogP contribution is -2.54. The summed E-state index contributed by atoms with van der Waals surface area (Å²) in [5.74, 6) is -0.232. The minimum Gasteiger partial charge on any atom is -0.380 e. The molecule has 1 saturated heterocycles. The largest absolute Gasteiger partial charge is 0.380 e. The fraction of sp³-hybridized carbons (Fsp3) is 0.833. The van der Waals surface area contributed by atoms with Gasteiger partial charge in [-0.25, -0.2) is 0 Å². The first kappa shape index (κ1) is 14.0. The summed E-state index contributed by atoms with van der Waals surface area (Å²) in [5, 5.41) is 5.55. The van der Waals surface area contributed by atoms with E-state index >= 15 is 0 Å². The molecule has 1 aliphatic rings. The fourth-order valence-corrected chi connectivity index (χ4v) is 1.72. The van der Waals surface area contributed by atoms with Gasteiger partial charge in [-0.3, -0.25) is 9.59 Å². The summed E-state index contributed by atoms with van der Waals surface area (Å²) >= 11 is 0. The predicted octanol–water partition coefficient (Wildman–Crippen LogP) is 0.300. The maximum Gasteiger partial charge on any atom is 0.242 e. The van der Waals surface area contributed by atoms with Crippen molar-refractivity contribution in [1.82, 2.24) is 10.6 Å². The van der Waals surface area contributed by atoms with E-state index in [2.05, 4.69) is 17.6 Å². The Kier molecular flexibility index (Phi) is 4.51. The molecule has 2 amide bonds. The Morgan fingerprint density at radius 1 is 1.35 bits per heavy atom. The third-order valence-corrected chi connectivity index (χ3v) is 2.90. The van der Waals surface area contributed by atoms with Gasteiger partial charge < -0.3 is 15.4 Å². The standard InChI is InChI=1S/C12H22N2O3/c1-8(2)10(14-9(3)15)11(16)13-5-12(4)6-17-7-12/h8,10H,5-7H2,1-4H3,(H,13,16)(H,14,15). The molecule has 17 heavy (non-hydrogen) atoms. The van der Waals surface area contributed by atoms with E-state index in [9.17, 15) is 9.59 Å². The van der Waals surface area contributed by atoms with Crippen molar-refractivity contribution in [3.8, 4) is 0 Å². The maximum atomic E-state index is 11.9. The Balaban J connectivity index is 2.44. The molecular weight excluding hydrogens is 220 g/mol. The summed E-state index contributed by atoms with van der Waals surface area (Å²) in [6.07, 6.45) is 0. The van der Waals surface area contributed by atoms with E-state index in [1.54, 1.807) is 0 Å². The van der Waals surface area contributed by atoms with E-state index in [0.29, 0.717) is 19.8 Å². The van der Waals surface area contributed by atoms with Gasteiger partial charge in [0.25, 0.3) is 0 Å². The van der Waals surface area contributed by atoms with E-state index in [1.807, 2.05) is 13.8 Å². The van der Waals surface area contributed by atoms with Crippen LogP contribution in [0.1, 0.15) is 27.7 Å². The van der Waals surface area contributed by atoms with Crippen LogP contribution in [0.5, 0.6) is 0 Å². The molecule has 0 aromatic heterocycles. The monoisotopic (exact) mass is 242 g/mol. The minimum absolute atomic E-state index is 0.0490. The highest BCUT2D eigenvalue weighted by molar-refractivity contribution is 5.87. The number of amides is 2. The molecule has 1 atom stereocenters. The van der Waals surface area contributed by atoms with Gasteiger partial charge in [-0.15, -0.1) is 0 Å². The second-order valence-electron chi connectivity index (χ2n) is 5.44. The zero-order valence-corrected chi connectivity index (χ0v) is 11.0. The third-order valence-electron chi connectivity index (χ3n) is 2.90. The van der Waals surface area contributed by atoms with Crippen LogP contribution >= 0.6 is 0 Å². The molecule has 0 aromatic carbocycles. The minimum atomic E-state index is -0.461. The van der Waals surface area contributed by atoms with Gasteiger partial charge in [0.05, 0.1) is 13.2 Å². The lowest BCUT2D eigenvalue weighted by molar-refractivity contribution is -0.132. The van der Waals surface area contributed by atoms with Gasteiger partial charge in [-0.1, -0.05) is 20.8 Å². The second-order valence-corrected chi connectivity index (χ2v) is 5.44. The molecule has 2 N–H and O–H groups in total. The molecule has 0 radical (unpaired) electrons. The summed E-state index contributed by atoms with van der Waals surface area (Å²) in [6, 6.07) is -0.461. The Hall–Kier alpha value is -1.10. The van der Waals surface area contributed by atoms with Crippen molar-refractivity contribution in [1.29, 1.82) is 0 Å². The van der Waals surface area contributed by atoms with Gasteiger partial charge in [-0.2, -0.15) is 0 Å². The average Bonchev–Trinajstić information content (AvgIpc) is 2.19. The first-order valence-electron chi connectivity index (χ1n) is 5.97. The molecule has 0 aromatic rings. The lowest BCUT2D eigenvalue weighted by Gasteiger charge is -2.38. The number of rotatable bonds is 5. The average molecular weight is 242 g/mol. The summed E-state index contributed by atoms with van der Waals surface area (Å²) in [7, 11) is 0. The van der Waals surface area contributed by atoms with E-state index < -0.39 is 6.04 Å². The summed E-state index contributed by atoms with van der Waals surface area (Å²) in [4.78, 5) is 23.0. The van der Waals surface area contributed by atoms with Crippen molar-refractivity contribution in [2.45, 2.75) is 33.7 Å². The summed E-state index contributed by atoms with van der Waals surface area (Å²) < 4.78 is 5.12. The number of nitrogens with one attached hydrogen (secondary N) is 2. The number of carbonyl (C=O) groups is 2. The van der Waals surface area contributed by atoms with Crippen molar-refractivity contribution in [3.63, 3.8) is 0 Å². The van der Waals surface area contributed by atoms with Crippen LogP contribution in [0.2, 0.25) is 0 Å². The van der Waals surface area contributed by atoms with Crippen LogP contribution in [0.15, 0.2) is 0 Å². The SMILES string of the molecule is CC(=O)NC(C(=O)NCC1(C)COC1)C(C)C. The van der Waals surface area contributed by atoms with Crippen LogP contribution in [-0.2, 0) is 14.3 Å². The Morgan fingerprint density at radius 3 is 2.29 bits per heavy atom. The van der Waals surface area contributed by atoms with E-state index in [1.165, 1.54) is 6.92 Å². The number of hydrogen-bond acceptors (Lipinski definition) is 3. The second kappa shape index (κ2) is 5.49. The molecule has 0 bridgehead atoms. The van der Waals surface area contributed by atoms with E-state index in [-0.39, 0.29) is 23.1 Å². The topological polar surface area (TPSA) is 67.4 Å². The van der Waals surface area contributed by atoms with Gasteiger partial charge in [0, 0.05) is 18.9 Å². The van der Waals surface area contributed by atoms with E-state index in [0.717, 1.165) is 0 Å². The summed E-state index contributed by atoms with van der Waals surface area (Å²) in [5.41, 5.74) is 0.0490. The normalized spacial score (nSPS) is 19.4. The van der Waals surface area contributed by atoms with Gasteiger partial charge in [-0.05, 0) is 5.92 Å². The highest BCUT2D eigenvalue weighted by atomic mass is 16.5. The zero-order chi connectivity index (χ0) is 13.1. The molecule has 1 heterocycles. The molecule has 0 saturated carbocycles. The highest BCUT2D eigenvalue weighted by Gasteiger charge is 2.34. The van der Waals surface area contributed by atoms with Crippen LogP contribution in [0, 0.1) is 11.3 Å². The van der Waals surface area contributed by atoms with Gasteiger partial charge in [0.2, 0.25) is 11.8 Å². The van der Waals surface area contributed by atoms with E-state index in [4.69, 9.17) is 4.74 Å². The molecule has 0 aliphatic carbocycles. The van der Waals surface area contributed by atoms with Gasteiger partial charge in [0.1, 0.15) is 6.04 Å².